The molecule has 1 atom stereocenters. The van der Waals surface area contributed by atoms with Gasteiger partial charge >= 0.3 is 0 Å². The van der Waals surface area contributed by atoms with Crippen molar-refractivity contribution in [2.75, 3.05) is 23.7 Å². The van der Waals surface area contributed by atoms with Crippen LogP contribution in [-0.4, -0.2) is 34.1 Å². The molecular weight excluding hydrogens is 240 g/mol. The highest BCUT2D eigenvalue weighted by atomic mass is 15.1. The van der Waals surface area contributed by atoms with E-state index in [1.54, 1.807) is 6.33 Å². The van der Waals surface area contributed by atoms with Crippen LogP contribution in [0.3, 0.4) is 0 Å². The molecule has 1 saturated heterocycles. The Morgan fingerprint density at radius 2 is 2.21 bits per heavy atom. The average molecular weight is 258 g/mol. The Balaban J connectivity index is 1.65. The molecule has 6 nitrogen and oxygen atoms in total. The monoisotopic (exact) mass is 258 g/mol. The summed E-state index contributed by atoms with van der Waals surface area (Å²) in [6.07, 6.45) is 5.83. The number of nitrogens with one attached hydrogen (secondary N) is 4. The van der Waals surface area contributed by atoms with Gasteiger partial charge in [0.05, 0.1) is 0 Å². The fourth-order valence-corrected chi connectivity index (χ4v) is 2.23. The zero-order valence-corrected chi connectivity index (χ0v) is 10.7. The number of anilines is 3. The minimum Gasteiger partial charge on any atom is -0.366 e. The molecule has 19 heavy (non-hydrogen) atoms. The number of nitrogens with zero attached hydrogens (tertiary/aromatic N) is 2. The van der Waals surface area contributed by atoms with Gasteiger partial charge in [0.1, 0.15) is 23.8 Å². The first kappa shape index (κ1) is 12.0. The zero-order chi connectivity index (χ0) is 12.9. The molecule has 0 saturated carbocycles. The van der Waals surface area contributed by atoms with Crippen molar-refractivity contribution in [2.24, 2.45) is 0 Å². The van der Waals surface area contributed by atoms with Crippen LogP contribution >= 0.6 is 0 Å². The topological polar surface area (TPSA) is 77.7 Å². The molecule has 0 radical (unpaired) electrons. The van der Waals surface area contributed by atoms with Gasteiger partial charge in [0, 0.05) is 24.8 Å². The van der Waals surface area contributed by atoms with E-state index in [2.05, 4.69) is 30.9 Å². The fraction of sp³-hybridized carbons (Fsp3) is 0.385. The van der Waals surface area contributed by atoms with Gasteiger partial charge in [-0.15, -0.1) is 0 Å². The van der Waals surface area contributed by atoms with Gasteiger partial charge < -0.3 is 20.9 Å². The van der Waals surface area contributed by atoms with Crippen molar-refractivity contribution in [1.29, 1.82) is 0 Å². The highest BCUT2D eigenvalue weighted by Crippen LogP contribution is 2.16. The van der Waals surface area contributed by atoms with Crippen molar-refractivity contribution in [2.45, 2.75) is 18.9 Å². The Labute approximate surface area is 112 Å². The third kappa shape index (κ3) is 3.23. The van der Waals surface area contributed by atoms with E-state index in [-0.39, 0.29) is 0 Å². The molecule has 100 valence electrons. The van der Waals surface area contributed by atoms with Gasteiger partial charge in [-0.25, -0.2) is 9.97 Å². The lowest BCUT2D eigenvalue weighted by atomic mass is 10.1. The SMILES string of the molecule is c1c[nH]c(Nc2cc(NC3CCCNC3)ncn2)c1. The van der Waals surface area contributed by atoms with Gasteiger partial charge in [0.15, 0.2) is 0 Å². The van der Waals surface area contributed by atoms with Gasteiger partial charge in [-0.1, -0.05) is 0 Å². The molecule has 0 spiro atoms. The summed E-state index contributed by atoms with van der Waals surface area (Å²) in [5, 5.41) is 10.0. The molecule has 3 rings (SSSR count). The summed E-state index contributed by atoms with van der Waals surface area (Å²) < 4.78 is 0. The fourth-order valence-electron chi connectivity index (χ4n) is 2.23. The second-order valence-electron chi connectivity index (χ2n) is 4.68. The normalized spacial score (nSPS) is 19.1. The summed E-state index contributed by atoms with van der Waals surface area (Å²) in [7, 11) is 0. The van der Waals surface area contributed by atoms with Gasteiger partial charge in [0.2, 0.25) is 0 Å². The molecular formula is C13H18N6. The van der Waals surface area contributed by atoms with E-state index in [0.717, 1.165) is 30.5 Å². The Hall–Kier alpha value is -2.08. The van der Waals surface area contributed by atoms with Crippen molar-refractivity contribution in [3.8, 4) is 0 Å². The van der Waals surface area contributed by atoms with Crippen LogP contribution in [0.5, 0.6) is 0 Å². The first-order chi connectivity index (χ1) is 9.40. The number of rotatable bonds is 4. The standard InChI is InChI=1S/C13H18N6/c1-3-10(8-14-5-1)18-12-7-13(17-9-16-12)19-11-4-2-6-15-11/h2,4,6-7,9-10,14-15H,1,3,5,8H2,(H2,16,17,18,19). The second kappa shape index (κ2) is 5.71. The minimum absolute atomic E-state index is 0.446. The summed E-state index contributed by atoms with van der Waals surface area (Å²) in [6.45, 7) is 2.10. The first-order valence-electron chi connectivity index (χ1n) is 6.60. The van der Waals surface area contributed by atoms with E-state index >= 15 is 0 Å². The van der Waals surface area contributed by atoms with Crippen LogP contribution in [0.25, 0.3) is 0 Å². The second-order valence-corrected chi connectivity index (χ2v) is 4.68. The molecule has 1 fully saturated rings. The number of hydrogen-bond acceptors (Lipinski definition) is 5. The predicted molar refractivity (Wildman–Crippen MR) is 75.6 cm³/mol. The Bertz CT molecular complexity index is 504. The van der Waals surface area contributed by atoms with Crippen molar-refractivity contribution < 1.29 is 0 Å². The summed E-state index contributed by atoms with van der Waals surface area (Å²) >= 11 is 0. The minimum atomic E-state index is 0.446. The maximum atomic E-state index is 4.26. The number of aromatic nitrogens is 3. The third-order valence-corrected chi connectivity index (χ3v) is 3.18. The van der Waals surface area contributed by atoms with Crippen LogP contribution in [0.1, 0.15) is 12.8 Å². The highest BCUT2D eigenvalue weighted by Gasteiger charge is 2.13. The average Bonchev–Trinajstić information content (AvgIpc) is 2.93. The maximum absolute atomic E-state index is 4.26. The lowest BCUT2D eigenvalue weighted by molar-refractivity contribution is 0.479. The van der Waals surface area contributed by atoms with Gasteiger partial charge in [-0.05, 0) is 31.5 Å². The van der Waals surface area contributed by atoms with E-state index in [1.807, 2.05) is 24.4 Å². The molecule has 6 heteroatoms. The number of aromatic amines is 1. The molecule has 1 aliphatic heterocycles. The summed E-state index contributed by atoms with van der Waals surface area (Å²) in [5.74, 6) is 2.56. The molecule has 4 N–H and O–H groups in total. The zero-order valence-electron chi connectivity index (χ0n) is 10.7. The summed E-state index contributed by atoms with van der Waals surface area (Å²) in [6, 6.07) is 6.27. The predicted octanol–water partition coefficient (Wildman–Crippen LogP) is 1.71. The van der Waals surface area contributed by atoms with Crippen molar-refractivity contribution >= 4 is 17.5 Å². The quantitative estimate of drug-likeness (QED) is 0.671. The highest BCUT2D eigenvalue weighted by molar-refractivity contribution is 5.55. The number of piperidine rings is 1. The van der Waals surface area contributed by atoms with Crippen LogP contribution < -0.4 is 16.0 Å². The lowest BCUT2D eigenvalue weighted by Gasteiger charge is -2.24. The molecule has 1 aliphatic rings. The van der Waals surface area contributed by atoms with E-state index in [4.69, 9.17) is 0 Å². The van der Waals surface area contributed by atoms with Crippen LogP contribution in [0, 0.1) is 0 Å². The van der Waals surface area contributed by atoms with Gasteiger partial charge in [-0.2, -0.15) is 0 Å². The van der Waals surface area contributed by atoms with Crippen LogP contribution in [0.4, 0.5) is 17.5 Å². The molecule has 0 amide bonds. The van der Waals surface area contributed by atoms with Crippen LogP contribution in [-0.2, 0) is 0 Å². The maximum Gasteiger partial charge on any atom is 0.136 e. The third-order valence-electron chi connectivity index (χ3n) is 3.18. The molecule has 0 aliphatic carbocycles. The van der Waals surface area contributed by atoms with E-state index in [9.17, 15) is 0 Å². The Morgan fingerprint density at radius 3 is 3.00 bits per heavy atom. The van der Waals surface area contributed by atoms with Crippen molar-refractivity contribution in [3.63, 3.8) is 0 Å². The molecule has 0 bridgehead atoms. The van der Waals surface area contributed by atoms with E-state index in [0.29, 0.717) is 6.04 Å². The van der Waals surface area contributed by atoms with Crippen LogP contribution in [0.2, 0.25) is 0 Å². The van der Waals surface area contributed by atoms with Crippen molar-refractivity contribution in [3.05, 3.63) is 30.7 Å². The van der Waals surface area contributed by atoms with E-state index < -0.39 is 0 Å². The lowest BCUT2D eigenvalue weighted by Crippen LogP contribution is -2.38. The first-order valence-corrected chi connectivity index (χ1v) is 6.60. The summed E-state index contributed by atoms with van der Waals surface area (Å²) in [5.41, 5.74) is 0. The summed E-state index contributed by atoms with van der Waals surface area (Å²) in [4.78, 5) is 11.6. The van der Waals surface area contributed by atoms with Crippen LogP contribution in [0.15, 0.2) is 30.7 Å². The molecule has 1 unspecified atom stereocenters. The molecule has 2 aromatic rings. The van der Waals surface area contributed by atoms with E-state index in [1.165, 1.54) is 12.8 Å². The van der Waals surface area contributed by atoms with Crippen molar-refractivity contribution in [1.82, 2.24) is 20.3 Å². The number of H-pyrrole nitrogens is 1. The molecule has 0 aromatic carbocycles. The number of hydrogen-bond donors (Lipinski definition) is 4. The van der Waals surface area contributed by atoms with Gasteiger partial charge in [-0.3, -0.25) is 0 Å². The smallest absolute Gasteiger partial charge is 0.136 e. The Kier molecular flexibility index (Phi) is 3.60. The molecule has 3 heterocycles. The van der Waals surface area contributed by atoms with Gasteiger partial charge in [0.25, 0.3) is 0 Å². The molecule has 2 aromatic heterocycles. The Morgan fingerprint density at radius 1 is 1.26 bits per heavy atom. The largest absolute Gasteiger partial charge is 0.366 e.